The number of carbonyl (C=O) groups excluding carboxylic acids is 2. The smallest absolute Gasteiger partial charge is 0.251 e. The highest BCUT2D eigenvalue weighted by Gasteiger charge is 2.25. The lowest BCUT2D eigenvalue weighted by Gasteiger charge is -2.11. The number of anilines is 2. The number of nitrogens with two attached hydrogens (primary N) is 1. The van der Waals surface area contributed by atoms with E-state index in [0.717, 1.165) is 60.1 Å². The van der Waals surface area contributed by atoms with Gasteiger partial charge in [-0.2, -0.15) is 0 Å². The first-order chi connectivity index (χ1) is 13.1. The fourth-order valence-electron chi connectivity index (χ4n) is 2.92. The molecule has 2 aromatic rings. The van der Waals surface area contributed by atoms with E-state index in [0.29, 0.717) is 10.6 Å². The van der Waals surface area contributed by atoms with Crippen molar-refractivity contribution in [2.75, 3.05) is 22.9 Å². The van der Waals surface area contributed by atoms with Gasteiger partial charge >= 0.3 is 0 Å². The van der Waals surface area contributed by atoms with Crippen molar-refractivity contribution >= 4 is 56.4 Å². The molecule has 3 rings (SSSR count). The Balaban J connectivity index is 1.57. The van der Waals surface area contributed by atoms with E-state index in [-0.39, 0.29) is 11.7 Å². The van der Waals surface area contributed by atoms with Crippen molar-refractivity contribution in [2.24, 2.45) is 5.73 Å². The molecule has 146 valence electrons. The van der Waals surface area contributed by atoms with E-state index < -0.39 is 5.91 Å². The van der Waals surface area contributed by atoms with Crippen LogP contribution >= 0.6 is 34.4 Å². The average molecular weight is 426 g/mol. The Morgan fingerprint density at radius 1 is 1.22 bits per heavy atom. The maximum Gasteiger partial charge on any atom is 0.251 e. The van der Waals surface area contributed by atoms with Crippen LogP contribution in [-0.4, -0.2) is 34.3 Å². The van der Waals surface area contributed by atoms with Gasteiger partial charge in [0.1, 0.15) is 5.00 Å². The van der Waals surface area contributed by atoms with Gasteiger partial charge in [0.15, 0.2) is 4.34 Å². The number of amides is 2. The van der Waals surface area contributed by atoms with Crippen LogP contribution in [0.1, 0.15) is 53.4 Å². The van der Waals surface area contributed by atoms with E-state index in [1.165, 1.54) is 39.3 Å². The number of unbranched alkanes of at least 4 members (excludes halogenated alkanes) is 1. The van der Waals surface area contributed by atoms with E-state index in [2.05, 4.69) is 27.8 Å². The number of thioether (sulfide) groups is 1. The number of thiophene rings is 1. The predicted molar refractivity (Wildman–Crippen MR) is 112 cm³/mol. The Bertz CT molecular complexity index is 818. The summed E-state index contributed by atoms with van der Waals surface area (Å²) in [6.45, 7) is 3.00. The molecule has 2 aromatic heterocycles. The molecule has 0 aromatic carbocycles. The zero-order chi connectivity index (χ0) is 19.2. The Morgan fingerprint density at radius 3 is 2.81 bits per heavy atom. The molecular formula is C17H23N5O2S3. The van der Waals surface area contributed by atoms with Gasteiger partial charge < -0.3 is 16.4 Å². The highest BCUT2D eigenvalue weighted by Crippen LogP contribution is 2.38. The van der Waals surface area contributed by atoms with E-state index in [4.69, 9.17) is 5.73 Å². The molecule has 0 fully saturated rings. The number of hydrogen-bond donors (Lipinski definition) is 3. The summed E-state index contributed by atoms with van der Waals surface area (Å²) in [5, 5.41) is 15.6. The standard InChI is InChI=1S/C17H23N5O2S3/c1-2-3-8-19-16-21-22-17(27-16)25-9-12(23)20-15-13(14(18)24)10-6-4-5-7-11(10)26-15/h2-9H2,1H3,(H2,18,24)(H,19,21)(H,20,23). The molecule has 10 heteroatoms. The van der Waals surface area contributed by atoms with Gasteiger partial charge in [-0.15, -0.1) is 21.5 Å². The second kappa shape index (κ2) is 9.52. The SMILES string of the molecule is CCCCNc1nnc(SCC(=O)Nc2sc3c(c2C(N)=O)CCCC3)s1. The average Bonchev–Trinajstić information content (AvgIpc) is 3.24. The maximum absolute atomic E-state index is 12.4. The maximum atomic E-state index is 12.4. The van der Waals surface area contributed by atoms with E-state index >= 15 is 0 Å². The highest BCUT2D eigenvalue weighted by atomic mass is 32.2. The fraction of sp³-hybridized carbons (Fsp3) is 0.529. The Morgan fingerprint density at radius 2 is 2.04 bits per heavy atom. The number of hydrogen-bond acceptors (Lipinski definition) is 8. The topological polar surface area (TPSA) is 110 Å². The van der Waals surface area contributed by atoms with E-state index in [1.807, 2.05) is 0 Å². The number of nitrogens with one attached hydrogen (secondary N) is 2. The molecule has 2 heterocycles. The third kappa shape index (κ3) is 5.20. The molecule has 0 bridgehead atoms. The van der Waals surface area contributed by atoms with Crippen LogP contribution in [0.25, 0.3) is 0 Å². The summed E-state index contributed by atoms with van der Waals surface area (Å²) >= 11 is 4.26. The van der Waals surface area contributed by atoms with Crippen LogP contribution in [0.2, 0.25) is 0 Å². The third-order valence-electron chi connectivity index (χ3n) is 4.21. The summed E-state index contributed by atoms with van der Waals surface area (Å²) in [5.41, 5.74) is 7.08. The Hall–Kier alpha value is -1.65. The first-order valence-electron chi connectivity index (χ1n) is 9.02. The zero-order valence-corrected chi connectivity index (χ0v) is 17.6. The lowest BCUT2D eigenvalue weighted by atomic mass is 9.95. The molecule has 4 N–H and O–H groups in total. The zero-order valence-electron chi connectivity index (χ0n) is 15.2. The van der Waals surface area contributed by atoms with Crippen LogP contribution in [0.5, 0.6) is 0 Å². The van der Waals surface area contributed by atoms with E-state index in [9.17, 15) is 9.59 Å². The number of rotatable bonds is 9. The summed E-state index contributed by atoms with van der Waals surface area (Å²) in [6.07, 6.45) is 6.17. The number of primary amides is 1. The molecule has 0 spiro atoms. The van der Waals surface area contributed by atoms with Crippen LogP contribution in [0.4, 0.5) is 10.1 Å². The minimum Gasteiger partial charge on any atom is -0.365 e. The number of nitrogens with zero attached hydrogens (tertiary/aromatic N) is 2. The number of fused-ring (bicyclic) bond motifs is 1. The van der Waals surface area contributed by atoms with Gasteiger partial charge in [-0.1, -0.05) is 36.4 Å². The third-order valence-corrected chi connectivity index (χ3v) is 7.43. The molecule has 1 aliphatic rings. The quantitative estimate of drug-likeness (QED) is 0.419. The molecular weight excluding hydrogens is 402 g/mol. The molecule has 0 aliphatic heterocycles. The van der Waals surface area contributed by atoms with Gasteiger partial charge in [0.2, 0.25) is 11.0 Å². The first kappa shape index (κ1) is 20.1. The number of aromatic nitrogens is 2. The van der Waals surface area contributed by atoms with Gasteiger partial charge in [0.25, 0.3) is 5.91 Å². The Labute approximate surface area is 170 Å². The van der Waals surface area contributed by atoms with E-state index in [1.54, 1.807) is 0 Å². The van der Waals surface area contributed by atoms with Crippen molar-refractivity contribution in [3.63, 3.8) is 0 Å². The molecule has 0 atom stereocenters. The van der Waals surface area contributed by atoms with Gasteiger partial charge in [0, 0.05) is 11.4 Å². The van der Waals surface area contributed by atoms with Gasteiger partial charge in [0.05, 0.1) is 11.3 Å². The van der Waals surface area contributed by atoms with Gasteiger partial charge in [-0.3, -0.25) is 9.59 Å². The van der Waals surface area contributed by atoms with Crippen molar-refractivity contribution in [1.82, 2.24) is 10.2 Å². The second-order valence-electron chi connectivity index (χ2n) is 6.27. The van der Waals surface area contributed by atoms with Crippen LogP contribution < -0.4 is 16.4 Å². The lowest BCUT2D eigenvalue weighted by Crippen LogP contribution is -2.19. The number of aryl methyl sites for hydroxylation is 1. The molecule has 0 unspecified atom stereocenters. The molecule has 0 saturated carbocycles. The monoisotopic (exact) mass is 425 g/mol. The summed E-state index contributed by atoms with van der Waals surface area (Å²) in [6, 6.07) is 0. The van der Waals surface area contributed by atoms with Crippen molar-refractivity contribution < 1.29 is 9.59 Å². The van der Waals surface area contributed by atoms with Crippen LogP contribution in [-0.2, 0) is 17.6 Å². The Kier molecular flexibility index (Phi) is 7.08. The van der Waals surface area contributed by atoms with Crippen LogP contribution in [0, 0.1) is 0 Å². The van der Waals surface area contributed by atoms with Crippen molar-refractivity contribution in [1.29, 1.82) is 0 Å². The minimum atomic E-state index is -0.468. The normalized spacial score (nSPS) is 13.2. The molecule has 0 saturated heterocycles. The summed E-state index contributed by atoms with van der Waals surface area (Å²) in [5.74, 6) is -0.425. The fourth-order valence-corrected chi connectivity index (χ4v) is 5.80. The lowest BCUT2D eigenvalue weighted by molar-refractivity contribution is -0.113. The van der Waals surface area contributed by atoms with Crippen LogP contribution in [0.3, 0.4) is 0 Å². The summed E-state index contributed by atoms with van der Waals surface area (Å²) < 4.78 is 0.741. The molecule has 0 radical (unpaired) electrons. The summed E-state index contributed by atoms with van der Waals surface area (Å²) in [7, 11) is 0. The minimum absolute atomic E-state index is 0.170. The first-order valence-corrected chi connectivity index (χ1v) is 11.6. The second-order valence-corrected chi connectivity index (χ2v) is 9.57. The molecule has 7 nitrogen and oxygen atoms in total. The molecule has 27 heavy (non-hydrogen) atoms. The van der Waals surface area contributed by atoms with Gasteiger partial charge in [-0.25, -0.2) is 0 Å². The van der Waals surface area contributed by atoms with Crippen molar-refractivity contribution in [3.05, 3.63) is 16.0 Å². The van der Waals surface area contributed by atoms with Crippen LogP contribution in [0.15, 0.2) is 4.34 Å². The predicted octanol–water partition coefficient (Wildman–Crippen LogP) is 3.52. The highest BCUT2D eigenvalue weighted by molar-refractivity contribution is 8.01. The largest absolute Gasteiger partial charge is 0.365 e. The summed E-state index contributed by atoms with van der Waals surface area (Å²) in [4.78, 5) is 25.4. The van der Waals surface area contributed by atoms with Gasteiger partial charge in [-0.05, 0) is 37.7 Å². The molecule has 1 aliphatic carbocycles. The number of carbonyl (C=O) groups is 2. The molecule has 2 amide bonds. The van der Waals surface area contributed by atoms with Crippen molar-refractivity contribution in [2.45, 2.75) is 49.8 Å². The van der Waals surface area contributed by atoms with Crippen molar-refractivity contribution in [3.8, 4) is 0 Å².